The Morgan fingerprint density at radius 3 is 2.17 bits per heavy atom. The first-order valence-corrected chi connectivity index (χ1v) is 9.96. The first-order chi connectivity index (χ1) is 10.9. The van der Waals surface area contributed by atoms with Crippen LogP contribution in [0.15, 0.2) is 0 Å². The summed E-state index contributed by atoms with van der Waals surface area (Å²) in [7, 11) is 2.24. The Morgan fingerprint density at radius 2 is 1.61 bits per heavy atom. The summed E-state index contributed by atoms with van der Waals surface area (Å²) in [5, 5.41) is 0. The molecule has 0 aromatic heterocycles. The van der Waals surface area contributed by atoms with Gasteiger partial charge in [-0.05, 0) is 72.8 Å². The molecule has 3 heteroatoms. The molecule has 0 bridgehead atoms. The molecule has 2 fully saturated rings. The third-order valence-corrected chi connectivity index (χ3v) is 6.02. The molecule has 0 amide bonds. The quantitative estimate of drug-likeness (QED) is 0.699. The first-order valence-electron chi connectivity index (χ1n) is 9.96. The lowest BCUT2D eigenvalue weighted by Gasteiger charge is -2.43. The average molecular weight is 325 g/mol. The number of hydrogen-bond acceptors (Lipinski definition) is 3. The van der Waals surface area contributed by atoms with Crippen molar-refractivity contribution in [2.45, 2.75) is 90.4 Å². The first kappa shape index (κ1) is 19.2. The van der Waals surface area contributed by atoms with Gasteiger partial charge in [-0.15, -0.1) is 0 Å². The molecular weight excluding hydrogens is 284 g/mol. The highest BCUT2D eigenvalue weighted by Gasteiger charge is 2.29. The highest BCUT2D eigenvalue weighted by molar-refractivity contribution is 4.85. The highest BCUT2D eigenvalue weighted by atomic mass is 16.5. The lowest BCUT2D eigenvalue weighted by molar-refractivity contribution is -0.0207. The van der Waals surface area contributed by atoms with Crippen molar-refractivity contribution in [3.63, 3.8) is 0 Å². The van der Waals surface area contributed by atoms with Crippen molar-refractivity contribution < 1.29 is 4.74 Å². The Hall–Kier alpha value is -0.120. The van der Waals surface area contributed by atoms with Gasteiger partial charge in [0.25, 0.3) is 0 Å². The Balaban J connectivity index is 1.63. The van der Waals surface area contributed by atoms with E-state index in [-0.39, 0.29) is 0 Å². The normalized spacial score (nSPS) is 28.4. The Bertz CT molecular complexity index is 327. The van der Waals surface area contributed by atoms with Crippen LogP contribution in [0.5, 0.6) is 0 Å². The maximum absolute atomic E-state index is 5.98. The molecule has 1 heterocycles. The predicted octanol–water partition coefficient (Wildman–Crippen LogP) is 4.17. The summed E-state index contributed by atoms with van der Waals surface area (Å²) < 4.78 is 5.98. The van der Waals surface area contributed by atoms with Crippen LogP contribution < -0.4 is 0 Å². The second-order valence-electron chi connectivity index (χ2n) is 8.82. The Kier molecular flexibility index (Phi) is 7.37. The molecule has 0 N–H and O–H groups in total. The van der Waals surface area contributed by atoms with Crippen LogP contribution in [0.25, 0.3) is 0 Å². The standard InChI is InChI=1S/C20H40N2O/c1-17(2)23-19-10-8-18(9-11-19)7-6-12-20(3,4)22-15-13-21(5)14-16-22/h17-19H,6-16H2,1-5H3. The van der Waals surface area contributed by atoms with Gasteiger partial charge >= 0.3 is 0 Å². The number of nitrogens with zero attached hydrogens (tertiary/aromatic N) is 2. The zero-order chi connectivity index (χ0) is 16.9. The van der Waals surface area contributed by atoms with Crippen molar-refractivity contribution in [2.75, 3.05) is 33.2 Å². The van der Waals surface area contributed by atoms with Crippen molar-refractivity contribution >= 4 is 0 Å². The highest BCUT2D eigenvalue weighted by Crippen LogP contribution is 2.32. The third-order valence-electron chi connectivity index (χ3n) is 6.02. The smallest absolute Gasteiger partial charge is 0.0578 e. The maximum atomic E-state index is 5.98. The topological polar surface area (TPSA) is 15.7 Å². The molecule has 3 nitrogen and oxygen atoms in total. The van der Waals surface area contributed by atoms with Crippen molar-refractivity contribution in [2.24, 2.45) is 5.92 Å². The maximum Gasteiger partial charge on any atom is 0.0578 e. The van der Waals surface area contributed by atoms with E-state index in [9.17, 15) is 0 Å². The van der Waals surface area contributed by atoms with E-state index in [1.807, 2.05) is 0 Å². The van der Waals surface area contributed by atoms with Gasteiger partial charge in [0.15, 0.2) is 0 Å². The molecule has 0 atom stereocenters. The molecule has 23 heavy (non-hydrogen) atoms. The second kappa shape index (κ2) is 8.82. The fourth-order valence-electron chi connectivity index (χ4n) is 4.33. The summed E-state index contributed by atoms with van der Waals surface area (Å²) >= 11 is 0. The van der Waals surface area contributed by atoms with Crippen LogP contribution in [-0.2, 0) is 4.74 Å². The minimum atomic E-state index is 0.374. The third kappa shape index (κ3) is 6.36. The molecule has 0 spiro atoms. The zero-order valence-corrected chi connectivity index (χ0v) is 16.3. The van der Waals surface area contributed by atoms with Gasteiger partial charge in [0.2, 0.25) is 0 Å². The fourth-order valence-corrected chi connectivity index (χ4v) is 4.33. The van der Waals surface area contributed by atoms with E-state index in [0.717, 1.165) is 5.92 Å². The van der Waals surface area contributed by atoms with E-state index < -0.39 is 0 Å². The molecule has 1 saturated carbocycles. The van der Waals surface area contributed by atoms with Gasteiger partial charge in [-0.2, -0.15) is 0 Å². The number of ether oxygens (including phenoxy) is 1. The SMILES string of the molecule is CC(C)OC1CCC(CCCC(C)(C)N2CCN(C)CC2)CC1. The Labute approximate surface area is 144 Å². The summed E-state index contributed by atoms with van der Waals surface area (Å²) in [6.07, 6.45) is 10.4. The van der Waals surface area contributed by atoms with Crippen LogP contribution in [0.4, 0.5) is 0 Å². The van der Waals surface area contributed by atoms with Gasteiger partial charge in [-0.25, -0.2) is 0 Å². The van der Waals surface area contributed by atoms with E-state index in [0.29, 0.717) is 17.7 Å². The monoisotopic (exact) mass is 324 g/mol. The molecule has 2 aliphatic rings. The van der Waals surface area contributed by atoms with Crippen molar-refractivity contribution in [1.82, 2.24) is 9.80 Å². The summed E-state index contributed by atoms with van der Waals surface area (Å²) in [6, 6.07) is 0. The molecule has 0 aromatic carbocycles. The fraction of sp³-hybridized carbons (Fsp3) is 1.00. The zero-order valence-electron chi connectivity index (χ0n) is 16.3. The number of likely N-dealkylation sites (N-methyl/N-ethyl adjacent to an activating group) is 1. The van der Waals surface area contributed by atoms with Crippen LogP contribution in [0.1, 0.15) is 72.6 Å². The largest absolute Gasteiger partial charge is 0.376 e. The Morgan fingerprint density at radius 1 is 1.00 bits per heavy atom. The van der Waals surface area contributed by atoms with E-state index >= 15 is 0 Å². The van der Waals surface area contributed by atoms with Gasteiger partial charge in [0.1, 0.15) is 0 Å². The van der Waals surface area contributed by atoms with Crippen molar-refractivity contribution in [3.05, 3.63) is 0 Å². The minimum absolute atomic E-state index is 0.374. The molecule has 1 aliphatic carbocycles. The van der Waals surface area contributed by atoms with E-state index in [1.54, 1.807) is 0 Å². The van der Waals surface area contributed by atoms with Crippen LogP contribution in [-0.4, -0.2) is 60.8 Å². The van der Waals surface area contributed by atoms with Crippen molar-refractivity contribution in [3.8, 4) is 0 Å². The van der Waals surface area contributed by atoms with E-state index in [4.69, 9.17) is 4.74 Å². The second-order valence-corrected chi connectivity index (χ2v) is 8.82. The van der Waals surface area contributed by atoms with Crippen LogP contribution in [0, 0.1) is 5.92 Å². The molecule has 0 aromatic rings. The van der Waals surface area contributed by atoms with E-state index in [1.165, 1.54) is 71.1 Å². The molecule has 0 unspecified atom stereocenters. The number of piperazine rings is 1. The van der Waals surface area contributed by atoms with Crippen molar-refractivity contribution in [1.29, 1.82) is 0 Å². The van der Waals surface area contributed by atoms with Gasteiger partial charge in [-0.1, -0.05) is 12.8 Å². The minimum Gasteiger partial charge on any atom is -0.376 e. The predicted molar refractivity (Wildman–Crippen MR) is 99.0 cm³/mol. The molecular formula is C20H40N2O. The molecule has 1 saturated heterocycles. The summed E-state index contributed by atoms with van der Waals surface area (Å²) in [6.45, 7) is 14.1. The molecule has 136 valence electrons. The summed E-state index contributed by atoms with van der Waals surface area (Å²) in [5.74, 6) is 0.949. The van der Waals surface area contributed by atoms with Gasteiger partial charge < -0.3 is 9.64 Å². The van der Waals surface area contributed by atoms with E-state index in [2.05, 4.69) is 44.5 Å². The number of hydrogen-bond donors (Lipinski definition) is 0. The van der Waals surface area contributed by atoms with Crippen LogP contribution in [0.2, 0.25) is 0 Å². The summed E-state index contributed by atoms with van der Waals surface area (Å²) in [5.41, 5.74) is 0.374. The lowest BCUT2D eigenvalue weighted by Crippen LogP contribution is -2.53. The molecule has 2 rings (SSSR count). The summed E-state index contributed by atoms with van der Waals surface area (Å²) in [4.78, 5) is 5.16. The van der Waals surface area contributed by atoms with Crippen LogP contribution >= 0.6 is 0 Å². The number of rotatable bonds is 7. The molecule has 1 aliphatic heterocycles. The van der Waals surface area contributed by atoms with Gasteiger partial charge in [0, 0.05) is 31.7 Å². The van der Waals surface area contributed by atoms with Gasteiger partial charge in [0.05, 0.1) is 12.2 Å². The molecule has 0 radical (unpaired) electrons. The average Bonchev–Trinajstić information content (AvgIpc) is 2.49. The van der Waals surface area contributed by atoms with Gasteiger partial charge in [-0.3, -0.25) is 4.90 Å². The van der Waals surface area contributed by atoms with Crippen LogP contribution in [0.3, 0.4) is 0 Å². The lowest BCUT2D eigenvalue weighted by atomic mass is 9.82.